The van der Waals surface area contributed by atoms with Gasteiger partial charge in [-0.1, -0.05) is 17.7 Å². The lowest BCUT2D eigenvalue weighted by atomic mass is 10.1. The molecule has 1 aromatic carbocycles. The SMILES string of the molecule is Nc1c(Cl)cccc1C(=O)NCC(=O)O. The third-order valence-electron chi connectivity index (χ3n) is 1.70. The maximum atomic E-state index is 11.4. The fraction of sp³-hybridized carbons (Fsp3) is 0.111. The van der Waals surface area contributed by atoms with Crippen molar-refractivity contribution in [1.82, 2.24) is 5.32 Å². The van der Waals surface area contributed by atoms with Crippen LogP contribution in [0.5, 0.6) is 0 Å². The Morgan fingerprint density at radius 2 is 2.13 bits per heavy atom. The second-order valence-corrected chi connectivity index (χ2v) is 3.18. The molecule has 1 aromatic rings. The Morgan fingerprint density at radius 3 is 2.73 bits per heavy atom. The molecule has 0 saturated carbocycles. The highest BCUT2D eigenvalue weighted by molar-refractivity contribution is 6.33. The third kappa shape index (κ3) is 2.85. The van der Waals surface area contributed by atoms with Gasteiger partial charge in [-0.15, -0.1) is 0 Å². The molecular formula is C9H9ClN2O3. The quantitative estimate of drug-likeness (QED) is 0.665. The van der Waals surface area contributed by atoms with E-state index >= 15 is 0 Å². The second kappa shape index (κ2) is 4.65. The standard InChI is InChI=1S/C9H9ClN2O3/c10-6-3-1-2-5(8(6)11)9(15)12-4-7(13)14/h1-3H,4,11H2,(H,12,15)(H,13,14). The first-order valence-electron chi connectivity index (χ1n) is 4.06. The number of aliphatic carboxylic acids is 1. The van der Waals surface area contributed by atoms with Crippen LogP contribution < -0.4 is 11.1 Å². The molecule has 0 atom stereocenters. The Bertz CT molecular complexity index is 406. The Labute approximate surface area is 90.8 Å². The van der Waals surface area contributed by atoms with Crippen LogP contribution in [0.1, 0.15) is 10.4 Å². The number of halogens is 1. The van der Waals surface area contributed by atoms with Gasteiger partial charge in [0, 0.05) is 0 Å². The van der Waals surface area contributed by atoms with E-state index in [2.05, 4.69) is 5.32 Å². The van der Waals surface area contributed by atoms with E-state index in [0.717, 1.165) is 0 Å². The van der Waals surface area contributed by atoms with Crippen molar-refractivity contribution >= 4 is 29.2 Å². The highest BCUT2D eigenvalue weighted by atomic mass is 35.5. The van der Waals surface area contributed by atoms with E-state index in [1.807, 2.05) is 0 Å². The van der Waals surface area contributed by atoms with E-state index in [4.69, 9.17) is 22.4 Å². The zero-order valence-corrected chi connectivity index (χ0v) is 8.41. The molecule has 15 heavy (non-hydrogen) atoms. The number of carboxylic acids is 1. The van der Waals surface area contributed by atoms with Gasteiger partial charge in [0.15, 0.2) is 0 Å². The number of nitrogens with one attached hydrogen (secondary N) is 1. The van der Waals surface area contributed by atoms with E-state index in [1.165, 1.54) is 6.07 Å². The number of carbonyl (C=O) groups excluding carboxylic acids is 1. The smallest absolute Gasteiger partial charge is 0.322 e. The van der Waals surface area contributed by atoms with Crippen molar-refractivity contribution in [2.45, 2.75) is 0 Å². The molecule has 80 valence electrons. The largest absolute Gasteiger partial charge is 0.480 e. The maximum Gasteiger partial charge on any atom is 0.322 e. The molecule has 4 N–H and O–H groups in total. The average molecular weight is 229 g/mol. The normalized spacial score (nSPS) is 9.67. The van der Waals surface area contributed by atoms with Crippen LogP contribution in [0.25, 0.3) is 0 Å². The summed E-state index contributed by atoms with van der Waals surface area (Å²) >= 11 is 5.70. The molecule has 0 saturated heterocycles. The molecule has 5 nitrogen and oxygen atoms in total. The van der Waals surface area contributed by atoms with Crippen LogP contribution in [0.2, 0.25) is 5.02 Å². The summed E-state index contributed by atoms with van der Waals surface area (Å²) in [4.78, 5) is 21.6. The number of carboxylic acid groups (broad SMARTS) is 1. The number of hydrogen-bond acceptors (Lipinski definition) is 3. The molecule has 0 fully saturated rings. The molecule has 0 unspecified atom stereocenters. The van der Waals surface area contributed by atoms with Gasteiger partial charge in [-0.2, -0.15) is 0 Å². The number of carbonyl (C=O) groups is 2. The third-order valence-corrected chi connectivity index (χ3v) is 2.03. The van der Waals surface area contributed by atoms with E-state index < -0.39 is 18.4 Å². The summed E-state index contributed by atoms with van der Waals surface area (Å²) in [5.74, 6) is -1.68. The lowest BCUT2D eigenvalue weighted by Gasteiger charge is -2.06. The fourth-order valence-electron chi connectivity index (χ4n) is 0.986. The number of hydrogen-bond donors (Lipinski definition) is 3. The van der Waals surface area contributed by atoms with Crippen LogP contribution in [0.15, 0.2) is 18.2 Å². The van der Waals surface area contributed by atoms with Gasteiger partial charge in [-0.25, -0.2) is 0 Å². The molecule has 0 heterocycles. The molecule has 0 spiro atoms. The monoisotopic (exact) mass is 228 g/mol. The summed E-state index contributed by atoms with van der Waals surface area (Å²) < 4.78 is 0. The fourth-order valence-corrected chi connectivity index (χ4v) is 1.16. The molecule has 0 aliphatic carbocycles. The van der Waals surface area contributed by atoms with Gasteiger partial charge in [-0.05, 0) is 12.1 Å². The van der Waals surface area contributed by atoms with Crippen LogP contribution in [-0.4, -0.2) is 23.5 Å². The lowest BCUT2D eigenvalue weighted by Crippen LogP contribution is -2.29. The first-order chi connectivity index (χ1) is 7.02. The minimum absolute atomic E-state index is 0.141. The summed E-state index contributed by atoms with van der Waals surface area (Å²) in [6.07, 6.45) is 0. The maximum absolute atomic E-state index is 11.4. The van der Waals surface area contributed by atoms with Crippen LogP contribution in [0.4, 0.5) is 5.69 Å². The number of amides is 1. The van der Waals surface area contributed by atoms with E-state index in [1.54, 1.807) is 12.1 Å². The molecule has 0 bridgehead atoms. The first kappa shape index (κ1) is 11.3. The predicted molar refractivity (Wildman–Crippen MR) is 55.8 cm³/mol. The molecule has 6 heteroatoms. The van der Waals surface area contributed by atoms with E-state index in [0.29, 0.717) is 0 Å². The topological polar surface area (TPSA) is 92.4 Å². The van der Waals surface area contributed by atoms with Crippen molar-refractivity contribution in [1.29, 1.82) is 0 Å². The number of nitrogens with two attached hydrogens (primary N) is 1. The van der Waals surface area contributed by atoms with Crippen molar-refractivity contribution in [2.75, 3.05) is 12.3 Å². The van der Waals surface area contributed by atoms with Crippen molar-refractivity contribution in [2.24, 2.45) is 0 Å². The molecule has 0 aromatic heterocycles. The molecule has 1 rings (SSSR count). The van der Waals surface area contributed by atoms with Gasteiger partial charge in [-0.3, -0.25) is 9.59 Å². The average Bonchev–Trinajstić information content (AvgIpc) is 2.18. The highest BCUT2D eigenvalue weighted by Gasteiger charge is 2.11. The van der Waals surface area contributed by atoms with Crippen molar-refractivity contribution < 1.29 is 14.7 Å². The van der Waals surface area contributed by atoms with Gasteiger partial charge >= 0.3 is 5.97 Å². The summed E-state index contributed by atoms with van der Waals surface area (Å²) in [6, 6.07) is 4.58. The Kier molecular flexibility index (Phi) is 3.51. The summed E-state index contributed by atoms with van der Waals surface area (Å²) in [5.41, 5.74) is 5.86. The van der Waals surface area contributed by atoms with Crippen molar-refractivity contribution in [3.05, 3.63) is 28.8 Å². The number of benzene rings is 1. The molecule has 0 aliphatic rings. The zero-order valence-electron chi connectivity index (χ0n) is 7.66. The number of para-hydroxylation sites is 1. The molecular weight excluding hydrogens is 220 g/mol. The van der Waals surface area contributed by atoms with E-state index in [-0.39, 0.29) is 16.3 Å². The van der Waals surface area contributed by atoms with Gasteiger partial charge in [0.2, 0.25) is 0 Å². The Hall–Kier alpha value is -1.75. The minimum Gasteiger partial charge on any atom is -0.480 e. The molecule has 0 aliphatic heterocycles. The Balaban J connectivity index is 2.82. The first-order valence-corrected chi connectivity index (χ1v) is 4.44. The summed E-state index contributed by atoms with van der Waals surface area (Å²) in [6.45, 7) is -0.454. The molecule has 1 amide bonds. The zero-order chi connectivity index (χ0) is 11.4. The Morgan fingerprint density at radius 1 is 1.47 bits per heavy atom. The second-order valence-electron chi connectivity index (χ2n) is 2.78. The van der Waals surface area contributed by atoms with Crippen LogP contribution >= 0.6 is 11.6 Å². The van der Waals surface area contributed by atoms with Crippen molar-refractivity contribution in [3.8, 4) is 0 Å². The lowest BCUT2D eigenvalue weighted by molar-refractivity contribution is -0.135. The van der Waals surface area contributed by atoms with Gasteiger partial charge < -0.3 is 16.2 Å². The highest BCUT2D eigenvalue weighted by Crippen LogP contribution is 2.21. The van der Waals surface area contributed by atoms with E-state index in [9.17, 15) is 9.59 Å². The number of anilines is 1. The minimum atomic E-state index is -1.12. The van der Waals surface area contributed by atoms with Crippen LogP contribution in [0, 0.1) is 0 Å². The number of rotatable bonds is 3. The number of nitrogen functional groups attached to an aromatic ring is 1. The van der Waals surface area contributed by atoms with Crippen LogP contribution in [0.3, 0.4) is 0 Å². The predicted octanol–water partition coefficient (Wildman–Crippen LogP) is 0.737. The summed E-state index contributed by atoms with van der Waals surface area (Å²) in [7, 11) is 0. The van der Waals surface area contributed by atoms with Crippen molar-refractivity contribution in [3.63, 3.8) is 0 Å². The van der Waals surface area contributed by atoms with Gasteiger partial charge in [0.05, 0.1) is 16.3 Å². The molecule has 0 radical (unpaired) electrons. The van der Waals surface area contributed by atoms with Gasteiger partial charge in [0.25, 0.3) is 5.91 Å². The van der Waals surface area contributed by atoms with Crippen LogP contribution in [-0.2, 0) is 4.79 Å². The van der Waals surface area contributed by atoms with Gasteiger partial charge in [0.1, 0.15) is 6.54 Å². The summed E-state index contributed by atoms with van der Waals surface area (Å²) in [5, 5.41) is 10.8.